The fraction of sp³-hybridized carbons (Fsp3) is 0.560. The normalized spacial score (nSPS) is 15.7. The topological polar surface area (TPSA) is 69.7 Å². The van der Waals surface area contributed by atoms with E-state index in [2.05, 4.69) is 60.1 Å². The highest BCUT2D eigenvalue weighted by Gasteiger charge is 2.16. The van der Waals surface area contributed by atoms with Gasteiger partial charge in [0.15, 0.2) is 0 Å². The number of aromatic amines is 1. The van der Waals surface area contributed by atoms with Crippen LogP contribution in [0, 0.1) is 19.8 Å². The predicted octanol–water partition coefficient (Wildman–Crippen LogP) is 4.41. The maximum absolute atomic E-state index is 4.86. The molecule has 0 spiro atoms. The molecule has 1 aromatic carbocycles. The van der Waals surface area contributed by atoms with E-state index < -0.39 is 0 Å². The monoisotopic (exact) mass is 420 g/mol. The summed E-state index contributed by atoms with van der Waals surface area (Å²) in [5.74, 6) is 2.62. The van der Waals surface area contributed by atoms with Crippen molar-refractivity contribution >= 4 is 11.0 Å². The van der Waals surface area contributed by atoms with Crippen molar-refractivity contribution in [2.75, 3.05) is 26.7 Å². The number of fused-ring (bicyclic) bond motifs is 1. The average Bonchev–Trinajstić information content (AvgIpc) is 3.22. The second kappa shape index (κ2) is 9.88. The van der Waals surface area contributed by atoms with Crippen LogP contribution in [0.2, 0.25) is 0 Å². The summed E-state index contributed by atoms with van der Waals surface area (Å²) in [5, 5.41) is 3.54. The first-order chi connectivity index (χ1) is 15.0. The summed E-state index contributed by atoms with van der Waals surface area (Å²) in [4.78, 5) is 20.2. The Labute approximate surface area is 185 Å². The van der Waals surface area contributed by atoms with Crippen LogP contribution in [0.25, 0.3) is 22.4 Å². The first-order valence-electron chi connectivity index (χ1n) is 11.8. The van der Waals surface area contributed by atoms with Crippen molar-refractivity contribution < 1.29 is 0 Å². The van der Waals surface area contributed by atoms with Crippen molar-refractivity contribution in [1.82, 2.24) is 30.2 Å². The Morgan fingerprint density at radius 1 is 1.16 bits per heavy atom. The molecular formula is C25H36N6. The van der Waals surface area contributed by atoms with Gasteiger partial charge in [0, 0.05) is 6.20 Å². The van der Waals surface area contributed by atoms with E-state index >= 15 is 0 Å². The minimum Gasteiger partial charge on any atom is -0.338 e. The second-order valence-corrected chi connectivity index (χ2v) is 9.05. The molecule has 1 saturated heterocycles. The van der Waals surface area contributed by atoms with Crippen LogP contribution in [0.4, 0.5) is 0 Å². The number of likely N-dealkylation sites (tertiary alicyclic amines) is 1. The maximum atomic E-state index is 4.86. The lowest BCUT2D eigenvalue weighted by atomic mass is 9.92. The van der Waals surface area contributed by atoms with Gasteiger partial charge in [0.1, 0.15) is 11.6 Å². The Morgan fingerprint density at radius 3 is 2.74 bits per heavy atom. The summed E-state index contributed by atoms with van der Waals surface area (Å²) in [6.07, 6.45) is 8.04. The quantitative estimate of drug-likeness (QED) is 0.528. The van der Waals surface area contributed by atoms with Crippen molar-refractivity contribution in [3.05, 3.63) is 41.0 Å². The summed E-state index contributed by atoms with van der Waals surface area (Å²) in [7, 11) is 2.23. The van der Waals surface area contributed by atoms with Crippen molar-refractivity contribution in [3.63, 3.8) is 0 Å². The van der Waals surface area contributed by atoms with E-state index in [0.717, 1.165) is 59.4 Å². The Kier molecular flexibility index (Phi) is 6.98. The summed E-state index contributed by atoms with van der Waals surface area (Å²) < 4.78 is 0. The molecule has 0 aliphatic carbocycles. The van der Waals surface area contributed by atoms with E-state index in [1.807, 2.05) is 6.20 Å². The standard InChI is InChI=1S/C25H36N6/c1-5-21-20(25-29-22-9-8-17(2)18(3)24(22)30-25)15-27-23(28-21)16-26-12-6-7-19-10-13-31(4)14-11-19/h8-9,15,19,26H,5-7,10-14,16H2,1-4H3,(H,29,30). The molecule has 2 N–H and O–H groups in total. The van der Waals surface area contributed by atoms with Crippen LogP contribution in [-0.2, 0) is 13.0 Å². The lowest BCUT2D eigenvalue weighted by molar-refractivity contribution is 0.210. The number of imidazole rings is 1. The van der Waals surface area contributed by atoms with Crippen LogP contribution in [0.15, 0.2) is 18.3 Å². The van der Waals surface area contributed by atoms with E-state index in [9.17, 15) is 0 Å². The van der Waals surface area contributed by atoms with E-state index in [1.165, 1.54) is 49.9 Å². The Hall–Kier alpha value is -2.31. The van der Waals surface area contributed by atoms with Gasteiger partial charge < -0.3 is 15.2 Å². The van der Waals surface area contributed by atoms with Gasteiger partial charge >= 0.3 is 0 Å². The highest BCUT2D eigenvalue weighted by atomic mass is 15.1. The molecule has 0 saturated carbocycles. The van der Waals surface area contributed by atoms with Crippen LogP contribution < -0.4 is 5.32 Å². The zero-order valence-electron chi connectivity index (χ0n) is 19.5. The summed E-state index contributed by atoms with van der Waals surface area (Å²) in [6.45, 7) is 10.6. The van der Waals surface area contributed by atoms with Crippen molar-refractivity contribution in [2.45, 2.75) is 59.4 Å². The summed E-state index contributed by atoms with van der Waals surface area (Å²) in [5.41, 5.74) is 6.63. The molecule has 0 amide bonds. The molecule has 3 aromatic rings. The number of benzene rings is 1. The number of nitrogens with one attached hydrogen (secondary N) is 2. The number of H-pyrrole nitrogens is 1. The Balaban J connectivity index is 1.35. The molecule has 6 nitrogen and oxygen atoms in total. The average molecular weight is 421 g/mol. The largest absolute Gasteiger partial charge is 0.338 e. The Bertz CT molecular complexity index is 1020. The molecule has 3 heterocycles. The van der Waals surface area contributed by atoms with Gasteiger partial charge in [-0.1, -0.05) is 13.0 Å². The number of piperidine rings is 1. The van der Waals surface area contributed by atoms with Crippen molar-refractivity contribution in [1.29, 1.82) is 0 Å². The van der Waals surface area contributed by atoms with E-state index in [1.54, 1.807) is 0 Å². The number of aromatic nitrogens is 4. The highest BCUT2D eigenvalue weighted by Crippen LogP contribution is 2.26. The number of hydrogen-bond donors (Lipinski definition) is 2. The molecular weight excluding hydrogens is 384 g/mol. The molecule has 1 aliphatic heterocycles. The van der Waals surface area contributed by atoms with Gasteiger partial charge in [-0.25, -0.2) is 15.0 Å². The zero-order valence-corrected chi connectivity index (χ0v) is 19.5. The molecule has 4 rings (SSSR count). The van der Waals surface area contributed by atoms with Crippen LogP contribution in [0.5, 0.6) is 0 Å². The molecule has 0 unspecified atom stereocenters. The van der Waals surface area contributed by atoms with Gasteiger partial charge in [-0.3, -0.25) is 0 Å². The first-order valence-corrected chi connectivity index (χ1v) is 11.8. The molecule has 6 heteroatoms. The fourth-order valence-electron chi connectivity index (χ4n) is 4.52. The Morgan fingerprint density at radius 2 is 1.97 bits per heavy atom. The molecule has 0 radical (unpaired) electrons. The van der Waals surface area contributed by atoms with E-state index in [4.69, 9.17) is 9.97 Å². The highest BCUT2D eigenvalue weighted by molar-refractivity contribution is 5.83. The molecule has 1 aliphatic rings. The lowest BCUT2D eigenvalue weighted by Crippen LogP contribution is -2.30. The number of aryl methyl sites for hydroxylation is 3. The second-order valence-electron chi connectivity index (χ2n) is 9.05. The number of hydrogen-bond acceptors (Lipinski definition) is 5. The number of rotatable bonds is 8. The van der Waals surface area contributed by atoms with Crippen LogP contribution >= 0.6 is 0 Å². The van der Waals surface area contributed by atoms with Crippen LogP contribution in [0.1, 0.15) is 55.3 Å². The zero-order chi connectivity index (χ0) is 21.8. The molecule has 2 aromatic heterocycles. The number of nitrogens with zero attached hydrogens (tertiary/aromatic N) is 4. The van der Waals surface area contributed by atoms with Gasteiger partial charge in [-0.15, -0.1) is 0 Å². The van der Waals surface area contributed by atoms with E-state index in [-0.39, 0.29) is 0 Å². The third-order valence-electron chi connectivity index (χ3n) is 6.77. The van der Waals surface area contributed by atoms with Crippen molar-refractivity contribution in [2.24, 2.45) is 5.92 Å². The van der Waals surface area contributed by atoms with E-state index in [0.29, 0.717) is 0 Å². The van der Waals surface area contributed by atoms with Crippen LogP contribution in [0.3, 0.4) is 0 Å². The third-order valence-corrected chi connectivity index (χ3v) is 6.77. The predicted molar refractivity (Wildman–Crippen MR) is 127 cm³/mol. The smallest absolute Gasteiger partial charge is 0.142 e. The minimum absolute atomic E-state index is 0.721. The van der Waals surface area contributed by atoms with Gasteiger partial charge in [-0.2, -0.15) is 0 Å². The minimum atomic E-state index is 0.721. The van der Waals surface area contributed by atoms with Crippen LogP contribution in [-0.4, -0.2) is 51.5 Å². The van der Waals surface area contributed by atoms with Gasteiger partial charge in [-0.05, 0) is 95.7 Å². The van der Waals surface area contributed by atoms with Gasteiger partial charge in [0.2, 0.25) is 0 Å². The molecule has 0 atom stereocenters. The summed E-state index contributed by atoms with van der Waals surface area (Å²) in [6, 6.07) is 4.24. The summed E-state index contributed by atoms with van der Waals surface area (Å²) >= 11 is 0. The maximum Gasteiger partial charge on any atom is 0.142 e. The van der Waals surface area contributed by atoms with Gasteiger partial charge in [0.25, 0.3) is 0 Å². The molecule has 166 valence electrons. The molecule has 1 fully saturated rings. The lowest BCUT2D eigenvalue weighted by Gasteiger charge is -2.28. The molecule has 31 heavy (non-hydrogen) atoms. The van der Waals surface area contributed by atoms with Gasteiger partial charge in [0.05, 0.1) is 28.8 Å². The van der Waals surface area contributed by atoms with Crippen molar-refractivity contribution in [3.8, 4) is 11.4 Å². The third kappa shape index (κ3) is 5.13. The first kappa shape index (κ1) is 21.9. The SMILES string of the molecule is CCc1nc(CNCCCC2CCN(C)CC2)ncc1-c1nc2c(C)c(C)ccc2[nH]1. The fourth-order valence-corrected chi connectivity index (χ4v) is 4.52. The molecule has 0 bridgehead atoms.